The molecule has 0 spiro atoms. The lowest BCUT2D eigenvalue weighted by Crippen LogP contribution is -2.17. The Morgan fingerprint density at radius 3 is 2.12 bits per heavy atom. The Balaban J connectivity index is 1.89. The second-order valence-corrected chi connectivity index (χ2v) is 6.01. The summed E-state index contributed by atoms with van der Waals surface area (Å²) >= 11 is 0. The summed E-state index contributed by atoms with van der Waals surface area (Å²) < 4.78 is 0. The molecular weight excluding hydrogens is 322 g/mol. The van der Waals surface area contributed by atoms with Gasteiger partial charge in [-0.05, 0) is 17.7 Å². The highest BCUT2D eigenvalue weighted by molar-refractivity contribution is 5.66. The van der Waals surface area contributed by atoms with E-state index in [2.05, 4.69) is 9.97 Å². The molecule has 4 nitrogen and oxygen atoms in total. The van der Waals surface area contributed by atoms with Gasteiger partial charge in [0, 0.05) is 35.5 Å². The lowest BCUT2D eigenvalue weighted by molar-refractivity contribution is 1.04. The highest BCUT2D eigenvalue weighted by Crippen LogP contribution is 2.23. The molecule has 126 valence electrons. The van der Waals surface area contributed by atoms with Crippen molar-refractivity contribution in [3.05, 3.63) is 107 Å². The number of aromatic amines is 1. The average Bonchev–Trinajstić information content (AvgIpc) is 2.71. The van der Waals surface area contributed by atoms with Crippen LogP contribution in [0, 0.1) is 0 Å². The Morgan fingerprint density at radius 1 is 0.769 bits per heavy atom. The summed E-state index contributed by atoms with van der Waals surface area (Å²) in [6.07, 6.45) is 3.95. The van der Waals surface area contributed by atoms with Gasteiger partial charge in [-0.1, -0.05) is 60.7 Å². The van der Waals surface area contributed by atoms with Gasteiger partial charge in [-0.2, -0.15) is 0 Å². The van der Waals surface area contributed by atoms with Gasteiger partial charge in [0.25, 0.3) is 5.56 Å². The molecule has 0 fully saturated rings. The van der Waals surface area contributed by atoms with Crippen molar-refractivity contribution in [2.24, 2.45) is 0 Å². The first kappa shape index (κ1) is 16.0. The Bertz CT molecular complexity index is 1060. The van der Waals surface area contributed by atoms with E-state index in [1.54, 1.807) is 12.4 Å². The van der Waals surface area contributed by atoms with Gasteiger partial charge >= 0.3 is 0 Å². The van der Waals surface area contributed by atoms with Crippen LogP contribution < -0.4 is 5.56 Å². The molecule has 2 aromatic heterocycles. The van der Waals surface area contributed by atoms with Crippen molar-refractivity contribution in [3.8, 4) is 22.6 Å². The lowest BCUT2D eigenvalue weighted by Gasteiger charge is -2.11. The molecule has 1 N–H and O–H groups in total. The van der Waals surface area contributed by atoms with E-state index in [4.69, 9.17) is 4.98 Å². The standard InChI is InChI=1S/C22H17N3O/c26-22-19(15-16-7-3-1-4-8-16)20(17-11-13-23-14-12-17)24-21(25-22)18-9-5-2-6-10-18/h1-14H,15H2,(H,24,25,26). The summed E-state index contributed by atoms with van der Waals surface area (Å²) in [5, 5.41) is 0. The van der Waals surface area contributed by atoms with Crippen LogP contribution in [0.5, 0.6) is 0 Å². The molecule has 0 unspecified atom stereocenters. The predicted molar refractivity (Wildman–Crippen MR) is 103 cm³/mol. The van der Waals surface area contributed by atoms with E-state index in [-0.39, 0.29) is 5.56 Å². The van der Waals surface area contributed by atoms with Crippen molar-refractivity contribution in [1.82, 2.24) is 15.0 Å². The second-order valence-electron chi connectivity index (χ2n) is 6.01. The van der Waals surface area contributed by atoms with E-state index >= 15 is 0 Å². The van der Waals surface area contributed by atoms with Gasteiger partial charge in [0.05, 0.1) is 5.69 Å². The van der Waals surface area contributed by atoms with E-state index in [1.165, 1.54) is 0 Å². The number of hydrogen-bond acceptors (Lipinski definition) is 3. The number of pyridine rings is 1. The molecule has 2 heterocycles. The molecule has 0 amide bonds. The highest BCUT2D eigenvalue weighted by Gasteiger charge is 2.15. The zero-order valence-corrected chi connectivity index (χ0v) is 14.1. The zero-order chi connectivity index (χ0) is 17.8. The maximum absolute atomic E-state index is 12.9. The van der Waals surface area contributed by atoms with Crippen molar-refractivity contribution in [2.45, 2.75) is 6.42 Å². The molecule has 2 aromatic carbocycles. The first-order valence-corrected chi connectivity index (χ1v) is 8.44. The van der Waals surface area contributed by atoms with Gasteiger partial charge in [0.15, 0.2) is 0 Å². The number of rotatable bonds is 4. The molecule has 0 bridgehead atoms. The molecule has 4 rings (SSSR count). The molecule has 0 aliphatic carbocycles. The fourth-order valence-electron chi connectivity index (χ4n) is 2.94. The minimum atomic E-state index is -0.116. The van der Waals surface area contributed by atoms with Gasteiger partial charge in [-0.25, -0.2) is 4.98 Å². The lowest BCUT2D eigenvalue weighted by atomic mass is 10.0. The van der Waals surface area contributed by atoms with Crippen molar-refractivity contribution >= 4 is 0 Å². The monoisotopic (exact) mass is 339 g/mol. The summed E-state index contributed by atoms with van der Waals surface area (Å²) in [7, 11) is 0. The maximum Gasteiger partial charge on any atom is 0.255 e. The highest BCUT2D eigenvalue weighted by atomic mass is 16.1. The Labute approximate surface area is 151 Å². The Hall–Kier alpha value is -3.53. The molecule has 0 saturated carbocycles. The molecule has 26 heavy (non-hydrogen) atoms. The van der Waals surface area contributed by atoms with Crippen LogP contribution in [-0.4, -0.2) is 15.0 Å². The van der Waals surface area contributed by atoms with Crippen molar-refractivity contribution < 1.29 is 0 Å². The van der Waals surface area contributed by atoms with E-state index in [9.17, 15) is 4.79 Å². The average molecular weight is 339 g/mol. The van der Waals surface area contributed by atoms with Crippen LogP contribution >= 0.6 is 0 Å². The van der Waals surface area contributed by atoms with Gasteiger partial charge in [0.1, 0.15) is 5.82 Å². The van der Waals surface area contributed by atoms with Crippen LogP contribution in [0.3, 0.4) is 0 Å². The summed E-state index contributed by atoms with van der Waals surface area (Å²) in [6.45, 7) is 0. The molecule has 0 aliphatic heterocycles. The molecule has 4 aromatic rings. The third kappa shape index (κ3) is 3.30. The predicted octanol–water partition coefficient (Wildman–Crippen LogP) is 4.09. The van der Waals surface area contributed by atoms with Gasteiger partial charge in [-0.15, -0.1) is 0 Å². The van der Waals surface area contributed by atoms with Gasteiger partial charge in [0.2, 0.25) is 0 Å². The van der Waals surface area contributed by atoms with Crippen LogP contribution in [0.15, 0.2) is 90.0 Å². The van der Waals surface area contributed by atoms with E-state index in [0.717, 1.165) is 16.7 Å². The first-order valence-electron chi connectivity index (χ1n) is 8.44. The van der Waals surface area contributed by atoms with Crippen LogP contribution in [0.4, 0.5) is 0 Å². The van der Waals surface area contributed by atoms with Crippen LogP contribution in [0.1, 0.15) is 11.1 Å². The maximum atomic E-state index is 12.9. The Kier molecular flexibility index (Phi) is 4.39. The minimum Gasteiger partial charge on any atom is -0.306 e. The van der Waals surface area contributed by atoms with E-state index in [1.807, 2.05) is 72.8 Å². The summed E-state index contributed by atoms with van der Waals surface area (Å²) in [5.41, 5.74) is 4.07. The number of hydrogen-bond donors (Lipinski definition) is 1. The normalized spacial score (nSPS) is 10.6. The van der Waals surface area contributed by atoms with Gasteiger partial charge < -0.3 is 4.98 Å². The summed E-state index contributed by atoms with van der Waals surface area (Å²) in [4.78, 5) is 24.7. The van der Waals surface area contributed by atoms with Gasteiger partial charge in [-0.3, -0.25) is 9.78 Å². The van der Waals surface area contributed by atoms with Crippen molar-refractivity contribution in [3.63, 3.8) is 0 Å². The van der Waals surface area contributed by atoms with Crippen molar-refractivity contribution in [2.75, 3.05) is 0 Å². The van der Waals surface area contributed by atoms with Crippen LogP contribution in [-0.2, 0) is 6.42 Å². The second kappa shape index (κ2) is 7.15. The Morgan fingerprint density at radius 2 is 1.42 bits per heavy atom. The number of benzene rings is 2. The smallest absolute Gasteiger partial charge is 0.255 e. The van der Waals surface area contributed by atoms with Crippen LogP contribution in [0.2, 0.25) is 0 Å². The quantitative estimate of drug-likeness (QED) is 0.609. The fourth-order valence-corrected chi connectivity index (χ4v) is 2.94. The topological polar surface area (TPSA) is 58.6 Å². The number of nitrogens with one attached hydrogen (secondary N) is 1. The zero-order valence-electron chi connectivity index (χ0n) is 14.1. The molecule has 0 aliphatic rings. The SMILES string of the molecule is O=c1[nH]c(-c2ccccc2)nc(-c2ccncc2)c1Cc1ccccc1. The molecule has 0 saturated heterocycles. The number of H-pyrrole nitrogens is 1. The molecule has 0 atom stereocenters. The fraction of sp³-hybridized carbons (Fsp3) is 0.0455. The largest absolute Gasteiger partial charge is 0.306 e. The summed E-state index contributed by atoms with van der Waals surface area (Å²) in [6, 6.07) is 23.4. The van der Waals surface area contributed by atoms with E-state index < -0.39 is 0 Å². The third-order valence-corrected chi connectivity index (χ3v) is 4.24. The first-order chi connectivity index (χ1) is 12.8. The third-order valence-electron chi connectivity index (χ3n) is 4.24. The van der Waals surface area contributed by atoms with Crippen LogP contribution in [0.25, 0.3) is 22.6 Å². The van der Waals surface area contributed by atoms with E-state index in [0.29, 0.717) is 23.5 Å². The molecular formula is C22H17N3O. The number of aromatic nitrogens is 3. The molecule has 4 heteroatoms. The molecule has 0 radical (unpaired) electrons. The van der Waals surface area contributed by atoms with Crippen molar-refractivity contribution in [1.29, 1.82) is 0 Å². The minimum absolute atomic E-state index is 0.116. The number of nitrogens with zero attached hydrogens (tertiary/aromatic N) is 2. The summed E-state index contributed by atoms with van der Waals surface area (Å²) in [5.74, 6) is 0.569.